The van der Waals surface area contributed by atoms with E-state index in [2.05, 4.69) is 30.2 Å². The van der Waals surface area contributed by atoms with Crippen molar-refractivity contribution in [1.82, 2.24) is 30.1 Å². The molecule has 1 aliphatic rings. The molecule has 2 amide bonds. The maximum absolute atomic E-state index is 12.2. The zero-order chi connectivity index (χ0) is 29.2. The normalized spacial score (nSPS) is 14.1. The van der Waals surface area contributed by atoms with Gasteiger partial charge in [-0.3, -0.25) is 15.2 Å². The number of ether oxygens (including phenoxy) is 2. The Morgan fingerprint density at radius 3 is 2.41 bits per heavy atom. The van der Waals surface area contributed by atoms with Crippen molar-refractivity contribution < 1.29 is 19.1 Å². The molecule has 0 bridgehead atoms. The van der Waals surface area contributed by atoms with Crippen LogP contribution in [0.4, 0.5) is 15.3 Å². The monoisotopic (exact) mass is 560 g/mol. The van der Waals surface area contributed by atoms with Gasteiger partial charge in [0.1, 0.15) is 0 Å². The van der Waals surface area contributed by atoms with Crippen LogP contribution in [0.25, 0.3) is 22.5 Å². The van der Waals surface area contributed by atoms with Crippen molar-refractivity contribution in [3.63, 3.8) is 0 Å². The molecule has 0 saturated carbocycles. The molecule has 0 unspecified atom stereocenters. The number of alkyl carbamates (subject to hydrolysis) is 1. The first-order chi connectivity index (χ1) is 19.8. The molecule has 2 aromatic heterocycles. The first-order valence-corrected chi connectivity index (χ1v) is 13.6. The molecule has 216 valence electrons. The molecular formula is C29H36N8O4. The van der Waals surface area contributed by atoms with E-state index in [9.17, 15) is 9.59 Å². The molecule has 1 saturated heterocycles. The van der Waals surface area contributed by atoms with Gasteiger partial charge >= 0.3 is 12.2 Å². The van der Waals surface area contributed by atoms with Crippen LogP contribution >= 0.6 is 0 Å². The van der Waals surface area contributed by atoms with Gasteiger partial charge in [-0.05, 0) is 42.7 Å². The highest BCUT2D eigenvalue weighted by Gasteiger charge is 2.22. The fourth-order valence-electron chi connectivity index (χ4n) is 4.20. The summed E-state index contributed by atoms with van der Waals surface area (Å²) in [6.45, 7) is 9.88. The van der Waals surface area contributed by atoms with Gasteiger partial charge in [0, 0.05) is 62.4 Å². The van der Waals surface area contributed by atoms with E-state index in [1.54, 1.807) is 36.4 Å². The van der Waals surface area contributed by atoms with E-state index in [1.165, 1.54) is 0 Å². The lowest BCUT2D eigenvalue weighted by Gasteiger charge is -2.34. The second kappa shape index (κ2) is 14.2. The van der Waals surface area contributed by atoms with E-state index in [1.807, 2.05) is 44.3 Å². The summed E-state index contributed by atoms with van der Waals surface area (Å²) in [4.78, 5) is 45.8. The van der Waals surface area contributed by atoms with Gasteiger partial charge in [0.25, 0.3) is 0 Å². The second-order valence-corrected chi connectivity index (χ2v) is 9.92. The summed E-state index contributed by atoms with van der Waals surface area (Å²) in [6, 6.07) is 11.4. The fraction of sp³-hybridized carbons (Fsp3) is 0.379. The Balaban J connectivity index is 1.44. The Bertz CT molecular complexity index is 1340. The molecule has 4 rings (SSSR count). The van der Waals surface area contributed by atoms with Crippen molar-refractivity contribution in [2.45, 2.75) is 27.3 Å². The predicted octanol–water partition coefficient (Wildman–Crippen LogP) is 3.81. The summed E-state index contributed by atoms with van der Waals surface area (Å²) in [5, 5.41) is 2.40. The minimum atomic E-state index is -0.680. The minimum absolute atomic E-state index is 0.104. The van der Waals surface area contributed by atoms with Crippen LogP contribution in [0.5, 0.6) is 0 Å². The molecule has 1 aromatic carbocycles. The lowest BCUT2D eigenvalue weighted by Crippen LogP contribution is -2.48. The molecular weight excluding hydrogens is 524 g/mol. The summed E-state index contributed by atoms with van der Waals surface area (Å²) in [5.41, 5.74) is 9.82. The zero-order valence-corrected chi connectivity index (χ0v) is 23.6. The highest BCUT2D eigenvalue weighted by atomic mass is 16.6. The summed E-state index contributed by atoms with van der Waals surface area (Å²) in [6.07, 6.45) is 4.20. The van der Waals surface area contributed by atoms with Gasteiger partial charge in [0.2, 0.25) is 5.96 Å². The smallest absolute Gasteiger partial charge is 0.413 e. The Hall–Kier alpha value is -4.58. The Labute approximate surface area is 239 Å². The molecule has 12 nitrogen and oxygen atoms in total. The van der Waals surface area contributed by atoms with Gasteiger partial charge in [-0.2, -0.15) is 0 Å². The molecule has 1 fully saturated rings. The number of benzene rings is 1. The molecule has 0 atom stereocenters. The third-order valence-electron chi connectivity index (χ3n) is 6.26. The number of carbonyl (C=O) groups is 2. The maximum Gasteiger partial charge on any atom is 0.413 e. The van der Waals surface area contributed by atoms with Gasteiger partial charge < -0.3 is 20.1 Å². The summed E-state index contributed by atoms with van der Waals surface area (Å²) in [5.74, 6) is 0.680. The number of nitrogens with one attached hydrogen (secondary N) is 1. The second-order valence-electron chi connectivity index (χ2n) is 9.92. The van der Waals surface area contributed by atoms with Gasteiger partial charge in [0.05, 0.1) is 24.6 Å². The SMILES string of the molecule is CCOC(=O)NC(N)=Nc1ccc(-c2ccc(CN3CCN(C(=O)OCC(C)C)CC3)nc2)cc1-c1ncccn1. The zero-order valence-electron chi connectivity index (χ0n) is 23.6. The highest BCUT2D eigenvalue weighted by molar-refractivity contribution is 5.95. The summed E-state index contributed by atoms with van der Waals surface area (Å²) in [7, 11) is 0. The van der Waals surface area contributed by atoms with Crippen LogP contribution in [0.1, 0.15) is 26.5 Å². The van der Waals surface area contributed by atoms with E-state index < -0.39 is 6.09 Å². The van der Waals surface area contributed by atoms with Crippen LogP contribution in [0.15, 0.2) is 60.0 Å². The number of nitrogens with zero attached hydrogens (tertiary/aromatic N) is 6. The largest absolute Gasteiger partial charge is 0.450 e. The topological polar surface area (TPSA) is 148 Å². The predicted molar refractivity (Wildman–Crippen MR) is 155 cm³/mol. The molecule has 0 radical (unpaired) electrons. The number of aromatic nitrogens is 3. The number of aliphatic imine (C=N–C) groups is 1. The van der Waals surface area contributed by atoms with Crippen LogP contribution in [-0.4, -0.2) is 82.3 Å². The van der Waals surface area contributed by atoms with E-state index in [0.717, 1.165) is 29.9 Å². The van der Waals surface area contributed by atoms with Crippen molar-refractivity contribution in [3.8, 4) is 22.5 Å². The van der Waals surface area contributed by atoms with E-state index in [-0.39, 0.29) is 18.7 Å². The minimum Gasteiger partial charge on any atom is -0.450 e. The van der Waals surface area contributed by atoms with Crippen LogP contribution in [0.2, 0.25) is 0 Å². The average Bonchev–Trinajstić information content (AvgIpc) is 2.97. The summed E-state index contributed by atoms with van der Waals surface area (Å²) >= 11 is 0. The van der Waals surface area contributed by atoms with E-state index >= 15 is 0 Å². The molecule has 3 aromatic rings. The first-order valence-electron chi connectivity index (χ1n) is 13.6. The number of nitrogens with two attached hydrogens (primary N) is 1. The average molecular weight is 561 g/mol. The van der Waals surface area contributed by atoms with Crippen LogP contribution in [-0.2, 0) is 16.0 Å². The van der Waals surface area contributed by atoms with Gasteiger partial charge in [-0.15, -0.1) is 0 Å². The fourth-order valence-corrected chi connectivity index (χ4v) is 4.20. The Morgan fingerprint density at radius 2 is 1.76 bits per heavy atom. The number of amides is 2. The van der Waals surface area contributed by atoms with Gasteiger partial charge in [0.15, 0.2) is 5.82 Å². The van der Waals surface area contributed by atoms with Crippen LogP contribution in [0.3, 0.4) is 0 Å². The maximum atomic E-state index is 12.2. The molecule has 12 heteroatoms. The van der Waals surface area contributed by atoms with E-state index in [0.29, 0.717) is 49.2 Å². The van der Waals surface area contributed by atoms with Crippen molar-refractivity contribution in [2.24, 2.45) is 16.6 Å². The van der Waals surface area contributed by atoms with Crippen molar-refractivity contribution >= 4 is 23.8 Å². The Kier molecular flexibility index (Phi) is 10.2. The molecule has 3 heterocycles. The quantitative estimate of drug-likeness (QED) is 0.310. The molecule has 0 aliphatic carbocycles. The molecule has 0 spiro atoms. The molecule has 3 N–H and O–H groups in total. The van der Waals surface area contributed by atoms with Gasteiger partial charge in [-0.1, -0.05) is 26.0 Å². The third-order valence-corrected chi connectivity index (χ3v) is 6.26. The molecule has 41 heavy (non-hydrogen) atoms. The highest BCUT2D eigenvalue weighted by Crippen LogP contribution is 2.32. The first kappa shape index (κ1) is 29.4. The van der Waals surface area contributed by atoms with E-state index in [4.69, 9.17) is 15.2 Å². The summed E-state index contributed by atoms with van der Waals surface area (Å²) < 4.78 is 10.2. The lowest BCUT2D eigenvalue weighted by molar-refractivity contribution is 0.0673. The number of hydrogen-bond donors (Lipinski definition) is 2. The number of piperazine rings is 1. The van der Waals surface area contributed by atoms with Crippen molar-refractivity contribution in [3.05, 3.63) is 60.7 Å². The number of carbonyl (C=O) groups excluding carboxylic acids is 2. The van der Waals surface area contributed by atoms with Crippen molar-refractivity contribution in [2.75, 3.05) is 39.4 Å². The Morgan fingerprint density at radius 1 is 1.02 bits per heavy atom. The third kappa shape index (κ3) is 8.45. The van der Waals surface area contributed by atoms with Crippen molar-refractivity contribution in [1.29, 1.82) is 0 Å². The number of rotatable bonds is 8. The lowest BCUT2D eigenvalue weighted by atomic mass is 10.0. The number of hydrogen-bond acceptors (Lipinski definition) is 9. The number of pyridine rings is 1. The molecule has 1 aliphatic heterocycles. The standard InChI is InChI=1S/C29H36N8O4/c1-4-40-28(38)35-27(30)34-25-9-7-21(16-24(25)26-31-10-5-11-32-26)22-6-8-23(33-17-22)18-36-12-14-37(15-13-36)29(39)41-19-20(2)3/h5-11,16-17,20H,4,12-15,18-19H2,1-3H3,(H3,30,34,35,38). The van der Waals surface area contributed by atoms with Crippen LogP contribution < -0.4 is 11.1 Å². The van der Waals surface area contributed by atoms with Crippen LogP contribution in [0, 0.1) is 5.92 Å². The van der Waals surface area contributed by atoms with Gasteiger partial charge in [-0.25, -0.2) is 24.5 Å². The number of guanidine groups is 1.